The molecule has 0 unspecified atom stereocenters. The molecule has 3 aromatic rings. The van der Waals surface area contributed by atoms with Crippen molar-refractivity contribution < 1.29 is 14.3 Å². The number of ether oxygens (including phenoxy) is 1. The van der Waals surface area contributed by atoms with E-state index >= 15 is 0 Å². The molecule has 0 radical (unpaired) electrons. The zero-order valence-corrected chi connectivity index (χ0v) is 16.8. The Morgan fingerprint density at radius 2 is 1.79 bits per heavy atom. The van der Waals surface area contributed by atoms with Crippen molar-refractivity contribution in [2.45, 2.75) is 0 Å². The molecule has 4 rings (SSSR count). The molecule has 1 aliphatic rings. The second-order valence-electron chi connectivity index (χ2n) is 6.31. The summed E-state index contributed by atoms with van der Waals surface area (Å²) in [7, 11) is 0. The van der Waals surface area contributed by atoms with E-state index < -0.39 is 5.91 Å². The van der Waals surface area contributed by atoms with Gasteiger partial charge in [0, 0.05) is 10.9 Å². The van der Waals surface area contributed by atoms with Crippen molar-refractivity contribution in [1.29, 1.82) is 0 Å². The first-order valence-corrected chi connectivity index (χ1v) is 10.0. The van der Waals surface area contributed by atoms with E-state index in [4.69, 9.17) is 22.7 Å². The van der Waals surface area contributed by atoms with Crippen LogP contribution in [0.4, 0.5) is 5.69 Å². The predicted molar refractivity (Wildman–Crippen MR) is 121 cm³/mol. The molecule has 5 nitrogen and oxygen atoms in total. The molecule has 144 valence electrons. The first kappa shape index (κ1) is 19.2. The van der Waals surface area contributed by atoms with Crippen LogP contribution < -0.4 is 15.4 Å². The number of para-hydroxylation sites is 1. The highest BCUT2D eigenvalue weighted by Crippen LogP contribution is 2.39. The second kappa shape index (κ2) is 8.06. The number of primary amides is 1. The zero-order valence-electron chi connectivity index (χ0n) is 15.2. The van der Waals surface area contributed by atoms with E-state index in [-0.39, 0.29) is 12.5 Å². The summed E-state index contributed by atoms with van der Waals surface area (Å²) in [6.07, 6.45) is 1.72. The van der Waals surface area contributed by atoms with Crippen LogP contribution in [0.3, 0.4) is 0 Å². The van der Waals surface area contributed by atoms with E-state index in [0.717, 1.165) is 16.5 Å². The van der Waals surface area contributed by atoms with Crippen molar-refractivity contribution in [2.24, 2.45) is 5.73 Å². The lowest BCUT2D eigenvalue weighted by Gasteiger charge is -2.17. The Morgan fingerprint density at radius 1 is 1.07 bits per heavy atom. The van der Waals surface area contributed by atoms with Crippen LogP contribution in [0.25, 0.3) is 16.8 Å². The third-order valence-corrected chi connectivity index (χ3v) is 5.68. The molecule has 0 aliphatic carbocycles. The lowest BCUT2D eigenvalue weighted by Crippen LogP contribution is -2.27. The number of thiocarbonyl (C=S) groups is 1. The number of hydrogen-bond donors (Lipinski definition) is 1. The number of thioether (sulfide) groups is 1. The van der Waals surface area contributed by atoms with E-state index in [9.17, 15) is 9.59 Å². The predicted octanol–water partition coefficient (Wildman–Crippen LogP) is 4.11. The number of anilines is 1. The van der Waals surface area contributed by atoms with Crippen molar-refractivity contribution in [1.82, 2.24) is 0 Å². The van der Waals surface area contributed by atoms with Gasteiger partial charge in [-0.2, -0.15) is 0 Å². The Balaban J connectivity index is 1.70. The van der Waals surface area contributed by atoms with Crippen molar-refractivity contribution in [3.63, 3.8) is 0 Å². The molecular formula is C22H16N2O3S2. The Bertz CT molecular complexity index is 1170. The quantitative estimate of drug-likeness (QED) is 0.497. The lowest BCUT2D eigenvalue weighted by atomic mass is 10.1. The first-order valence-electron chi connectivity index (χ1n) is 8.80. The number of hydrogen-bond acceptors (Lipinski definition) is 5. The maximum absolute atomic E-state index is 13.2. The molecule has 2 N–H and O–H groups in total. The number of carbonyl (C=O) groups is 2. The van der Waals surface area contributed by atoms with Crippen LogP contribution in [0.1, 0.15) is 5.56 Å². The molecule has 2 amide bonds. The third-order valence-electron chi connectivity index (χ3n) is 4.38. The van der Waals surface area contributed by atoms with Gasteiger partial charge in [0.05, 0.1) is 10.6 Å². The average Bonchev–Trinajstić information content (AvgIpc) is 3.00. The number of carbonyl (C=O) groups excluding carboxylic acids is 2. The minimum Gasteiger partial charge on any atom is -0.483 e. The standard InChI is InChI=1S/C22H16N2O3S2/c23-20(25)13-27-18-11-4-2-7-15(18)12-19-21(26)24(22(28)29-19)17-10-5-8-14-6-1-3-9-16(14)17/h1-12H,13H2,(H2,23,25)/b19-12-. The highest BCUT2D eigenvalue weighted by Gasteiger charge is 2.34. The van der Waals surface area contributed by atoms with Gasteiger partial charge in [-0.05, 0) is 23.6 Å². The molecule has 0 saturated carbocycles. The van der Waals surface area contributed by atoms with Crippen molar-refractivity contribution in [3.05, 3.63) is 77.2 Å². The molecule has 3 aromatic carbocycles. The summed E-state index contributed by atoms with van der Waals surface area (Å²) in [5.74, 6) is -0.287. The summed E-state index contributed by atoms with van der Waals surface area (Å²) < 4.78 is 5.92. The summed E-state index contributed by atoms with van der Waals surface area (Å²) >= 11 is 6.74. The highest BCUT2D eigenvalue weighted by molar-refractivity contribution is 8.27. The maximum Gasteiger partial charge on any atom is 0.270 e. The molecule has 0 spiro atoms. The Morgan fingerprint density at radius 3 is 2.62 bits per heavy atom. The van der Waals surface area contributed by atoms with Crippen molar-refractivity contribution in [2.75, 3.05) is 11.5 Å². The van der Waals surface area contributed by atoms with E-state index in [0.29, 0.717) is 20.5 Å². The number of amides is 2. The van der Waals surface area contributed by atoms with Crippen molar-refractivity contribution >= 4 is 62.7 Å². The molecule has 7 heteroatoms. The smallest absolute Gasteiger partial charge is 0.270 e. The van der Waals surface area contributed by atoms with E-state index in [2.05, 4.69) is 0 Å². The Labute approximate surface area is 177 Å². The summed E-state index contributed by atoms with van der Waals surface area (Å²) in [6, 6.07) is 20.8. The SMILES string of the molecule is NC(=O)COc1ccccc1/C=C1\SC(=S)N(c2cccc3ccccc23)C1=O. The fourth-order valence-corrected chi connectivity index (χ4v) is 4.38. The van der Waals surface area contributed by atoms with Gasteiger partial charge in [0.15, 0.2) is 10.9 Å². The van der Waals surface area contributed by atoms with Gasteiger partial charge in [0.1, 0.15) is 5.75 Å². The van der Waals surface area contributed by atoms with Crippen LogP contribution in [0.5, 0.6) is 5.75 Å². The van der Waals surface area contributed by atoms with E-state index in [1.165, 1.54) is 11.8 Å². The number of fused-ring (bicyclic) bond motifs is 1. The van der Waals surface area contributed by atoms with Crippen LogP contribution in [-0.2, 0) is 9.59 Å². The summed E-state index contributed by atoms with van der Waals surface area (Å²) in [6.45, 7) is -0.234. The normalized spacial score (nSPS) is 15.3. The molecular weight excluding hydrogens is 404 g/mol. The lowest BCUT2D eigenvalue weighted by molar-refractivity contribution is -0.120. The fourth-order valence-electron chi connectivity index (χ4n) is 3.10. The molecule has 0 aromatic heterocycles. The average molecular weight is 421 g/mol. The van der Waals surface area contributed by atoms with Crippen LogP contribution in [0.15, 0.2) is 71.6 Å². The Hall–Kier alpha value is -3.16. The monoisotopic (exact) mass is 420 g/mol. The van der Waals surface area contributed by atoms with Crippen LogP contribution in [0, 0.1) is 0 Å². The number of nitrogens with zero attached hydrogens (tertiary/aromatic N) is 1. The highest BCUT2D eigenvalue weighted by atomic mass is 32.2. The van der Waals surface area contributed by atoms with Gasteiger partial charge >= 0.3 is 0 Å². The van der Waals surface area contributed by atoms with Gasteiger partial charge < -0.3 is 10.5 Å². The van der Waals surface area contributed by atoms with Gasteiger partial charge in [-0.25, -0.2) is 0 Å². The first-order chi connectivity index (χ1) is 14.0. The molecule has 0 bridgehead atoms. The minimum atomic E-state index is -0.568. The summed E-state index contributed by atoms with van der Waals surface area (Å²) in [4.78, 5) is 26.2. The number of benzene rings is 3. The second-order valence-corrected chi connectivity index (χ2v) is 7.98. The van der Waals surface area contributed by atoms with Crippen molar-refractivity contribution in [3.8, 4) is 5.75 Å². The number of rotatable bonds is 5. The Kier molecular flexibility index (Phi) is 5.33. The molecule has 1 heterocycles. The summed E-state index contributed by atoms with van der Waals surface area (Å²) in [5, 5.41) is 1.99. The van der Waals surface area contributed by atoms with Crippen LogP contribution in [-0.4, -0.2) is 22.7 Å². The van der Waals surface area contributed by atoms with Gasteiger partial charge in [-0.15, -0.1) is 0 Å². The van der Waals surface area contributed by atoms with E-state index in [1.807, 2.05) is 48.5 Å². The molecule has 29 heavy (non-hydrogen) atoms. The molecule has 1 fully saturated rings. The molecule has 1 saturated heterocycles. The molecule has 1 aliphatic heterocycles. The van der Waals surface area contributed by atoms with Gasteiger partial charge in [0.25, 0.3) is 11.8 Å². The fraction of sp³-hybridized carbons (Fsp3) is 0.0455. The third kappa shape index (κ3) is 3.87. The van der Waals surface area contributed by atoms with Crippen LogP contribution in [0.2, 0.25) is 0 Å². The van der Waals surface area contributed by atoms with Gasteiger partial charge in [0.2, 0.25) is 0 Å². The zero-order chi connectivity index (χ0) is 20.4. The molecule has 0 atom stereocenters. The van der Waals surface area contributed by atoms with E-state index in [1.54, 1.807) is 29.2 Å². The topological polar surface area (TPSA) is 72.6 Å². The maximum atomic E-state index is 13.2. The number of nitrogens with two attached hydrogens (primary N) is 1. The van der Waals surface area contributed by atoms with Crippen LogP contribution >= 0.6 is 24.0 Å². The largest absolute Gasteiger partial charge is 0.483 e. The minimum absolute atomic E-state index is 0.193. The van der Waals surface area contributed by atoms with Gasteiger partial charge in [-0.3, -0.25) is 14.5 Å². The van der Waals surface area contributed by atoms with Gasteiger partial charge in [-0.1, -0.05) is 78.6 Å². The summed E-state index contributed by atoms with van der Waals surface area (Å²) in [5.41, 5.74) is 6.59.